The minimum Gasteiger partial charge on any atom is -0.394 e. The van der Waals surface area contributed by atoms with Crippen LogP contribution in [0.25, 0.3) is 11.2 Å². The van der Waals surface area contributed by atoms with E-state index in [2.05, 4.69) is 24.9 Å². The maximum Gasteiger partial charge on any atom is 0.354 e. The van der Waals surface area contributed by atoms with Crippen molar-refractivity contribution in [2.45, 2.75) is 49.7 Å². The Morgan fingerprint density at radius 1 is 1.13 bits per heavy atom. The standard InChI is InChI=1S/C18H24N9O9PS/c19-16-22-6-27(18(31)25-16)12-2-8(9(3-28)34-12)36-37(32,38)33-4-10-7(29)1-11(35-10)26-5-21-13-14(26)23-17(20)24-15(13)30/h5-12,28-29H,1-4H2,(H,32,38)(H2,19,25,31)(H3,20,23,24,30)/t7?,8-,9-,10-,11-,12-,37?/m1/s1. The zero-order valence-electron chi connectivity index (χ0n) is 19.4. The molecule has 5 rings (SSSR count). The van der Waals surface area contributed by atoms with Crippen LogP contribution in [0, 0.1) is 0 Å². The fourth-order valence-corrected chi connectivity index (χ4v) is 5.73. The average molecular weight is 573 g/mol. The molecule has 0 aliphatic carbocycles. The van der Waals surface area contributed by atoms with E-state index in [0.717, 1.165) is 10.9 Å². The normalized spacial score (nSPS) is 29.1. The monoisotopic (exact) mass is 573 g/mol. The molecule has 2 fully saturated rings. The van der Waals surface area contributed by atoms with Crippen LogP contribution in [0.5, 0.6) is 0 Å². The lowest BCUT2D eigenvalue weighted by atomic mass is 10.2. The number of nitrogens with zero attached hydrogens (tertiary/aromatic N) is 6. The van der Waals surface area contributed by atoms with Crippen molar-refractivity contribution in [2.75, 3.05) is 24.7 Å². The molecule has 0 bridgehead atoms. The summed E-state index contributed by atoms with van der Waals surface area (Å²) in [5.74, 6) is -0.308. The summed E-state index contributed by atoms with van der Waals surface area (Å²) >= 11 is 5.11. The third kappa shape index (κ3) is 5.33. The molecule has 20 heteroatoms. The molecular weight excluding hydrogens is 549 g/mol. The lowest BCUT2D eigenvalue weighted by molar-refractivity contribution is -0.0521. The van der Waals surface area contributed by atoms with Gasteiger partial charge in [0.05, 0.1) is 31.7 Å². The van der Waals surface area contributed by atoms with Gasteiger partial charge in [0.1, 0.15) is 31.0 Å². The Hall–Kier alpha value is -2.87. The molecular formula is C18H24N9O9PS. The number of aliphatic hydroxyl groups is 2. The molecule has 0 spiro atoms. The Bertz CT molecular complexity index is 1500. The summed E-state index contributed by atoms with van der Waals surface area (Å²) in [6.45, 7) is -4.75. The SMILES string of the molecule is Nc1ncn([C@H]2C[C@@H](OP(O)(=S)OC[C@H]3O[C@@H](n4cnc5c(=O)[nH]c(N)nc54)CC3O)[C@@H](CO)O2)c(=O)n1. The van der Waals surface area contributed by atoms with Crippen LogP contribution in [0.15, 0.2) is 22.2 Å². The van der Waals surface area contributed by atoms with E-state index in [1.165, 1.54) is 10.9 Å². The van der Waals surface area contributed by atoms with E-state index in [9.17, 15) is 24.7 Å². The van der Waals surface area contributed by atoms with Crippen molar-refractivity contribution < 1.29 is 33.6 Å². The fourth-order valence-electron chi connectivity index (χ4n) is 4.26. The van der Waals surface area contributed by atoms with Gasteiger partial charge in [-0.25, -0.2) is 14.8 Å². The molecule has 2 unspecified atom stereocenters. The number of nitrogen functional groups attached to an aromatic ring is 2. The number of nitrogens with two attached hydrogens (primary N) is 2. The zero-order valence-corrected chi connectivity index (χ0v) is 21.1. The molecule has 38 heavy (non-hydrogen) atoms. The summed E-state index contributed by atoms with van der Waals surface area (Å²) in [5, 5.41) is 20.2. The van der Waals surface area contributed by atoms with Gasteiger partial charge in [-0.15, -0.1) is 0 Å². The van der Waals surface area contributed by atoms with E-state index in [4.69, 9.17) is 41.8 Å². The van der Waals surface area contributed by atoms with Crippen molar-refractivity contribution in [3.63, 3.8) is 0 Å². The fraction of sp³-hybridized carbons (Fsp3) is 0.556. The Morgan fingerprint density at radius 2 is 1.84 bits per heavy atom. The number of fused-ring (bicyclic) bond motifs is 1. The van der Waals surface area contributed by atoms with Crippen molar-refractivity contribution in [1.29, 1.82) is 0 Å². The Morgan fingerprint density at radius 3 is 2.58 bits per heavy atom. The molecule has 0 amide bonds. The van der Waals surface area contributed by atoms with E-state index < -0.39 is 61.4 Å². The van der Waals surface area contributed by atoms with Gasteiger partial charge in [-0.05, 0) is 11.8 Å². The maximum atomic E-state index is 12.1. The number of ether oxygens (including phenoxy) is 2. The van der Waals surface area contributed by atoms with Crippen LogP contribution in [0.1, 0.15) is 25.3 Å². The summed E-state index contributed by atoms with van der Waals surface area (Å²) in [6, 6.07) is 0. The highest BCUT2D eigenvalue weighted by atomic mass is 32.5. The van der Waals surface area contributed by atoms with E-state index in [1.807, 2.05) is 0 Å². The molecule has 2 aliphatic rings. The first-order valence-corrected chi connectivity index (χ1v) is 13.8. The number of rotatable bonds is 8. The van der Waals surface area contributed by atoms with Gasteiger partial charge < -0.3 is 45.1 Å². The lowest BCUT2D eigenvalue weighted by Gasteiger charge is -2.24. The second-order valence-electron chi connectivity index (χ2n) is 8.57. The van der Waals surface area contributed by atoms with Gasteiger partial charge in [0.25, 0.3) is 5.56 Å². The first-order valence-electron chi connectivity index (χ1n) is 11.2. The van der Waals surface area contributed by atoms with Crippen LogP contribution >= 0.6 is 6.72 Å². The van der Waals surface area contributed by atoms with E-state index >= 15 is 0 Å². The van der Waals surface area contributed by atoms with Gasteiger partial charge >= 0.3 is 12.4 Å². The quantitative estimate of drug-likeness (QED) is 0.152. The number of H-pyrrole nitrogens is 1. The largest absolute Gasteiger partial charge is 0.394 e. The molecule has 3 aromatic heterocycles. The smallest absolute Gasteiger partial charge is 0.354 e. The third-order valence-corrected chi connectivity index (χ3v) is 7.64. The van der Waals surface area contributed by atoms with Crippen LogP contribution in [-0.4, -0.2) is 86.8 Å². The van der Waals surface area contributed by atoms with Crippen molar-refractivity contribution in [3.05, 3.63) is 33.5 Å². The van der Waals surface area contributed by atoms with Crippen LogP contribution < -0.4 is 22.7 Å². The predicted octanol–water partition coefficient (Wildman–Crippen LogP) is -2.52. The minimum atomic E-state index is -3.92. The van der Waals surface area contributed by atoms with Gasteiger partial charge in [-0.2, -0.15) is 9.97 Å². The summed E-state index contributed by atoms with van der Waals surface area (Å²) in [7, 11) is 0. The second kappa shape index (κ2) is 10.4. The van der Waals surface area contributed by atoms with Crippen molar-refractivity contribution >= 4 is 41.6 Å². The van der Waals surface area contributed by atoms with Gasteiger partial charge in [0.2, 0.25) is 11.9 Å². The third-order valence-electron chi connectivity index (χ3n) is 6.05. The number of nitrogens with one attached hydrogen (secondary N) is 1. The topological polar surface area (TPSA) is 261 Å². The summed E-state index contributed by atoms with van der Waals surface area (Å²) in [5.41, 5.74) is 10.0. The van der Waals surface area contributed by atoms with E-state index in [0.29, 0.717) is 0 Å². The molecule has 5 heterocycles. The second-order valence-corrected chi connectivity index (χ2v) is 11.4. The number of aliphatic hydroxyl groups excluding tert-OH is 2. The van der Waals surface area contributed by atoms with Crippen molar-refractivity contribution in [3.8, 4) is 0 Å². The number of aromatic amines is 1. The number of imidazole rings is 1. The minimum absolute atomic E-state index is 0.0221. The Labute approximate surface area is 217 Å². The highest BCUT2D eigenvalue weighted by molar-refractivity contribution is 8.07. The average Bonchev–Trinajstić information content (AvgIpc) is 3.54. The van der Waals surface area contributed by atoms with Gasteiger partial charge in [0.15, 0.2) is 11.2 Å². The first-order chi connectivity index (χ1) is 18.0. The number of hydrogen-bond donors (Lipinski definition) is 6. The highest BCUT2D eigenvalue weighted by Gasteiger charge is 2.42. The zero-order chi connectivity index (χ0) is 27.2. The number of anilines is 2. The van der Waals surface area contributed by atoms with Crippen molar-refractivity contribution in [1.82, 2.24) is 34.1 Å². The van der Waals surface area contributed by atoms with E-state index in [-0.39, 0.29) is 42.5 Å². The molecule has 2 aliphatic heterocycles. The molecule has 206 valence electrons. The summed E-state index contributed by atoms with van der Waals surface area (Å²) in [6.07, 6.45) is -2.84. The lowest BCUT2D eigenvalue weighted by Crippen LogP contribution is -2.29. The number of aromatic nitrogens is 7. The Balaban J connectivity index is 1.22. The van der Waals surface area contributed by atoms with Crippen LogP contribution in [0.3, 0.4) is 0 Å². The molecule has 0 aromatic carbocycles. The van der Waals surface area contributed by atoms with Crippen LogP contribution in [0.2, 0.25) is 0 Å². The Kier molecular flexibility index (Phi) is 7.29. The van der Waals surface area contributed by atoms with Crippen molar-refractivity contribution in [2.24, 2.45) is 0 Å². The maximum absolute atomic E-state index is 12.1. The molecule has 0 saturated carbocycles. The van der Waals surface area contributed by atoms with Crippen LogP contribution in [0.4, 0.5) is 11.9 Å². The van der Waals surface area contributed by atoms with Gasteiger partial charge in [-0.1, -0.05) is 0 Å². The first kappa shape index (κ1) is 26.7. The summed E-state index contributed by atoms with van der Waals surface area (Å²) < 4.78 is 25.0. The molecule has 8 N–H and O–H groups in total. The van der Waals surface area contributed by atoms with Gasteiger partial charge in [-0.3, -0.25) is 18.9 Å². The highest BCUT2D eigenvalue weighted by Crippen LogP contribution is 2.49. The van der Waals surface area contributed by atoms with Gasteiger partial charge in [0, 0.05) is 12.8 Å². The molecule has 18 nitrogen and oxygen atoms in total. The number of hydrogen-bond acceptors (Lipinski definition) is 15. The molecule has 7 atom stereocenters. The molecule has 0 radical (unpaired) electrons. The molecule has 3 aromatic rings. The summed E-state index contributed by atoms with van der Waals surface area (Å²) in [4.78, 5) is 52.5. The predicted molar refractivity (Wildman–Crippen MR) is 131 cm³/mol. The molecule has 2 saturated heterocycles. The van der Waals surface area contributed by atoms with E-state index in [1.54, 1.807) is 0 Å². The van der Waals surface area contributed by atoms with Crippen LogP contribution in [-0.2, 0) is 30.3 Å².